The zero-order valence-electron chi connectivity index (χ0n) is 20.4. The van der Waals surface area contributed by atoms with Crippen molar-refractivity contribution >= 4 is 5.71 Å². The number of rotatable bonds is 11. The van der Waals surface area contributed by atoms with E-state index < -0.39 is 0 Å². The van der Waals surface area contributed by atoms with E-state index in [1.165, 1.54) is 17.6 Å². The average molecular weight is 397 g/mol. The van der Waals surface area contributed by atoms with Crippen LogP contribution in [0.3, 0.4) is 0 Å². The Hall–Kier alpha value is -1.23. The van der Waals surface area contributed by atoms with E-state index in [9.17, 15) is 0 Å². The second-order valence-electron chi connectivity index (χ2n) is 6.94. The molecule has 2 N–H and O–H groups in total. The van der Waals surface area contributed by atoms with Crippen LogP contribution in [0, 0.1) is 5.92 Å². The number of hydrogen-bond donors (Lipinski definition) is 2. The third kappa shape index (κ3) is 24.8. The first kappa shape index (κ1) is 31.5. The quantitative estimate of drug-likeness (QED) is 0.178. The predicted molar refractivity (Wildman–Crippen MR) is 127 cm³/mol. The van der Waals surface area contributed by atoms with Crippen LogP contribution in [0.5, 0.6) is 0 Å². The van der Waals surface area contributed by atoms with Gasteiger partial charge in [-0.05, 0) is 78.7 Å². The van der Waals surface area contributed by atoms with Gasteiger partial charge in [-0.2, -0.15) is 0 Å². The molecule has 0 aliphatic carbocycles. The lowest BCUT2D eigenvalue weighted by Crippen LogP contribution is -2.00. The molecule has 28 heavy (non-hydrogen) atoms. The summed E-state index contributed by atoms with van der Waals surface area (Å²) < 4.78 is 0. The molecule has 0 heterocycles. The minimum atomic E-state index is 0.305. The molecule has 0 spiro atoms. The van der Waals surface area contributed by atoms with E-state index in [0.717, 1.165) is 37.1 Å². The third-order valence-corrected chi connectivity index (χ3v) is 3.86. The number of hydrogen-bond acceptors (Lipinski definition) is 4. The van der Waals surface area contributed by atoms with E-state index in [1.807, 2.05) is 34.6 Å². The molecule has 0 amide bonds. The van der Waals surface area contributed by atoms with E-state index in [1.54, 1.807) is 14.2 Å². The monoisotopic (exact) mass is 396 g/mol. The minimum Gasteiger partial charge on any atom is -0.396 e. The maximum Gasteiger partial charge on any atom is 0.0585 e. The summed E-state index contributed by atoms with van der Waals surface area (Å²) in [5.74, 6) is 0.430. The van der Waals surface area contributed by atoms with Crippen LogP contribution < -0.4 is 5.48 Å². The zero-order chi connectivity index (χ0) is 22.4. The molecule has 166 valence electrons. The molecular formula is C24H48N2O2. The number of aliphatic hydroxyl groups is 1. The molecule has 0 aliphatic heterocycles. The molecule has 0 radical (unpaired) electrons. The molecule has 0 saturated heterocycles. The van der Waals surface area contributed by atoms with Crippen LogP contribution in [0.1, 0.15) is 87.5 Å². The SMILES string of the molecule is C/C=C(/C=C(\C)CC/C=C(/C)CCCC(C)CO)N=C(C)C.CC.CNOC. The van der Waals surface area contributed by atoms with Crippen LogP contribution in [0.2, 0.25) is 0 Å². The van der Waals surface area contributed by atoms with E-state index in [-0.39, 0.29) is 0 Å². The molecule has 0 rings (SSSR count). The highest BCUT2D eigenvalue weighted by Gasteiger charge is 2.00. The first-order valence-electron chi connectivity index (χ1n) is 10.6. The molecule has 0 aromatic carbocycles. The van der Waals surface area contributed by atoms with Gasteiger partial charge in [0.2, 0.25) is 0 Å². The fourth-order valence-corrected chi connectivity index (χ4v) is 2.23. The number of nitrogens with zero attached hydrogens (tertiary/aromatic N) is 1. The zero-order valence-corrected chi connectivity index (χ0v) is 20.4. The van der Waals surface area contributed by atoms with Crippen LogP contribution >= 0.6 is 0 Å². The number of aliphatic imine (C=N–C) groups is 1. The number of nitrogens with one attached hydrogen (secondary N) is 1. The lowest BCUT2D eigenvalue weighted by molar-refractivity contribution is 0.112. The molecule has 4 heteroatoms. The van der Waals surface area contributed by atoms with Crippen molar-refractivity contribution in [1.82, 2.24) is 5.48 Å². The molecule has 0 fully saturated rings. The highest BCUT2D eigenvalue weighted by molar-refractivity contribution is 5.80. The lowest BCUT2D eigenvalue weighted by atomic mass is 10.0. The van der Waals surface area contributed by atoms with Crippen LogP contribution in [-0.2, 0) is 4.84 Å². The predicted octanol–water partition coefficient (Wildman–Crippen LogP) is 6.64. The summed E-state index contributed by atoms with van der Waals surface area (Å²) in [4.78, 5) is 8.80. The summed E-state index contributed by atoms with van der Waals surface area (Å²) in [5, 5.41) is 9.01. The van der Waals surface area contributed by atoms with E-state index >= 15 is 0 Å². The molecule has 0 aromatic heterocycles. The van der Waals surface area contributed by atoms with Crippen LogP contribution in [0.25, 0.3) is 0 Å². The number of allylic oxidation sites excluding steroid dienone is 5. The summed E-state index contributed by atoms with van der Waals surface area (Å²) in [6, 6.07) is 0. The lowest BCUT2D eigenvalue weighted by Gasteiger charge is -2.07. The van der Waals surface area contributed by atoms with Gasteiger partial charge in [-0.1, -0.05) is 44.1 Å². The largest absolute Gasteiger partial charge is 0.396 e. The van der Waals surface area contributed by atoms with E-state index in [4.69, 9.17) is 5.11 Å². The van der Waals surface area contributed by atoms with Gasteiger partial charge in [0, 0.05) is 19.4 Å². The Balaban J connectivity index is -0.000000916. The van der Waals surface area contributed by atoms with Gasteiger partial charge in [0.1, 0.15) is 0 Å². The Morgan fingerprint density at radius 3 is 2.11 bits per heavy atom. The van der Waals surface area contributed by atoms with Gasteiger partial charge in [-0.3, -0.25) is 4.99 Å². The van der Waals surface area contributed by atoms with Crippen molar-refractivity contribution in [3.63, 3.8) is 0 Å². The van der Waals surface area contributed by atoms with Crippen molar-refractivity contribution in [2.45, 2.75) is 87.5 Å². The number of hydroxylamine groups is 1. The van der Waals surface area contributed by atoms with E-state index in [0.29, 0.717) is 12.5 Å². The molecule has 0 aromatic rings. The highest BCUT2D eigenvalue weighted by Crippen LogP contribution is 2.15. The van der Waals surface area contributed by atoms with Gasteiger partial charge >= 0.3 is 0 Å². The second kappa shape index (κ2) is 23.8. The van der Waals surface area contributed by atoms with Crippen LogP contribution in [0.4, 0.5) is 0 Å². The Morgan fingerprint density at radius 1 is 1.11 bits per heavy atom. The van der Waals surface area contributed by atoms with Gasteiger partial charge in [-0.15, -0.1) is 0 Å². The van der Waals surface area contributed by atoms with Gasteiger partial charge in [0.05, 0.1) is 12.8 Å². The molecule has 1 atom stereocenters. The summed E-state index contributed by atoms with van der Waals surface area (Å²) in [6.07, 6.45) is 12.2. The molecule has 0 aliphatic rings. The molecular weight excluding hydrogens is 348 g/mol. The minimum absolute atomic E-state index is 0.305. The second-order valence-corrected chi connectivity index (χ2v) is 6.94. The maximum atomic E-state index is 9.01. The smallest absolute Gasteiger partial charge is 0.0585 e. The molecule has 0 bridgehead atoms. The normalized spacial score (nSPS) is 13.0. The fourth-order valence-electron chi connectivity index (χ4n) is 2.23. The summed E-state index contributed by atoms with van der Waals surface area (Å²) in [6.45, 7) is 16.9. The topological polar surface area (TPSA) is 53.9 Å². The summed E-state index contributed by atoms with van der Waals surface area (Å²) in [5.41, 5.74) is 7.41. The Morgan fingerprint density at radius 2 is 1.68 bits per heavy atom. The van der Waals surface area contributed by atoms with E-state index in [2.05, 4.69) is 54.3 Å². The van der Waals surface area contributed by atoms with Crippen LogP contribution in [-0.4, -0.2) is 31.6 Å². The first-order chi connectivity index (χ1) is 13.3. The maximum absolute atomic E-state index is 9.01. The Kier molecular flexibility index (Phi) is 26.8. The van der Waals surface area contributed by atoms with Gasteiger partial charge in [-0.25, -0.2) is 5.48 Å². The van der Waals surface area contributed by atoms with Crippen LogP contribution in [0.15, 0.2) is 40.1 Å². The van der Waals surface area contributed by atoms with Crippen molar-refractivity contribution in [3.05, 3.63) is 35.1 Å². The van der Waals surface area contributed by atoms with Crippen molar-refractivity contribution in [2.24, 2.45) is 10.9 Å². The van der Waals surface area contributed by atoms with Gasteiger partial charge < -0.3 is 9.94 Å². The van der Waals surface area contributed by atoms with Crippen molar-refractivity contribution < 1.29 is 9.94 Å². The van der Waals surface area contributed by atoms with Crippen molar-refractivity contribution in [3.8, 4) is 0 Å². The number of aliphatic hydroxyl groups excluding tert-OH is 1. The Labute approximate surface area is 175 Å². The Bertz CT molecular complexity index is 457. The average Bonchev–Trinajstić information content (AvgIpc) is 2.68. The summed E-state index contributed by atoms with van der Waals surface area (Å²) in [7, 11) is 3.28. The molecule has 1 unspecified atom stereocenters. The molecule has 0 saturated carbocycles. The highest BCUT2D eigenvalue weighted by atomic mass is 16.6. The van der Waals surface area contributed by atoms with Gasteiger partial charge in [0.15, 0.2) is 0 Å². The fraction of sp³-hybridized carbons (Fsp3) is 0.708. The third-order valence-electron chi connectivity index (χ3n) is 3.86. The first-order valence-corrected chi connectivity index (χ1v) is 10.6. The molecule has 4 nitrogen and oxygen atoms in total. The standard InChI is InChI=1S/C20H35NO.C2H7NO.C2H6/c1-7-20(21-16(2)3)14-18(5)12-8-10-17(4)11-9-13-19(6)15-22;1-3-4-2;1-2/h7,10,14,19,22H,8-9,11-13,15H2,1-6H3;3H,1-2H3;1-2H3/b17-10-,18-14+,20-7-;;. The van der Waals surface area contributed by atoms with Gasteiger partial charge in [0.25, 0.3) is 0 Å². The van der Waals surface area contributed by atoms with Crippen molar-refractivity contribution in [2.75, 3.05) is 20.8 Å². The summed E-state index contributed by atoms with van der Waals surface area (Å²) >= 11 is 0. The van der Waals surface area contributed by atoms with Crippen molar-refractivity contribution in [1.29, 1.82) is 0 Å².